The van der Waals surface area contributed by atoms with E-state index < -0.39 is 11.8 Å². The predicted octanol–water partition coefficient (Wildman–Crippen LogP) is 7.34. The van der Waals surface area contributed by atoms with Crippen molar-refractivity contribution in [2.24, 2.45) is 15.5 Å². The first-order valence-electron chi connectivity index (χ1n) is 13.4. The van der Waals surface area contributed by atoms with Crippen molar-refractivity contribution in [3.63, 3.8) is 0 Å². The molecule has 13 heteroatoms. The molecule has 0 spiro atoms. The van der Waals surface area contributed by atoms with Crippen molar-refractivity contribution < 1.29 is 27.4 Å². The van der Waals surface area contributed by atoms with Gasteiger partial charge in [-0.25, -0.2) is 14.7 Å². The second kappa shape index (κ2) is 13.8. The van der Waals surface area contributed by atoms with E-state index in [2.05, 4.69) is 25.3 Å². The van der Waals surface area contributed by atoms with Gasteiger partial charge in [-0.2, -0.15) is 5.10 Å². The summed E-state index contributed by atoms with van der Waals surface area (Å²) >= 11 is 1.22. The van der Waals surface area contributed by atoms with Crippen molar-refractivity contribution >= 4 is 34.8 Å². The van der Waals surface area contributed by atoms with Gasteiger partial charge in [0.05, 0.1) is 23.0 Å². The van der Waals surface area contributed by atoms with Crippen LogP contribution in [0.25, 0.3) is 17.1 Å². The van der Waals surface area contributed by atoms with E-state index in [1.807, 2.05) is 56.3 Å². The molecule has 0 radical (unpaired) electrons. The molecule has 0 amide bonds. The molecule has 3 aromatic carbocycles. The van der Waals surface area contributed by atoms with E-state index in [0.29, 0.717) is 16.7 Å². The molecule has 4 rings (SSSR count). The van der Waals surface area contributed by atoms with Crippen LogP contribution in [0.1, 0.15) is 37.5 Å². The smallest absolute Gasteiger partial charge is 0.454 e. The molecule has 230 valence electrons. The van der Waals surface area contributed by atoms with Crippen LogP contribution in [-0.2, 0) is 9.53 Å². The van der Waals surface area contributed by atoms with Gasteiger partial charge in [-0.3, -0.25) is 10.2 Å². The summed E-state index contributed by atoms with van der Waals surface area (Å²) in [6, 6.07) is 18.6. The van der Waals surface area contributed by atoms with E-state index in [4.69, 9.17) is 9.73 Å². The van der Waals surface area contributed by atoms with Crippen LogP contribution >= 0.6 is 11.8 Å². The first-order chi connectivity index (χ1) is 20.8. The summed E-state index contributed by atoms with van der Waals surface area (Å²) in [5, 5.41) is 9.22. The summed E-state index contributed by atoms with van der Waals surface area (Å²) in [6.07, 6.45) is -1.66. The summed E-state index contributed by atoms with van der Waals surface area (Å²) in [5.41, 5.74) is 7.20. The maximum absolute atomic E-state index is 12.4. The number of halogens is 3. The second-order valence-electron chi connectivity index (χ2n) is 10.6. The number of amidine groups is 1. The minimum Gasteiger partial charge on any atom is -0.454 e. The number of aromatic nitrogens is 3. The second-order valence-corrected chi connectivity index (χ2v) is 11.6. The standard InChI is InChI=1S/C31H31F3N6O3S/c1-20-7-6-8-21(2)26(20)37-29(44-19-42-28(41)30(3,4)5)38-36-17-22-9-11-23(12-10-22)27-35-18-40(39-27)24-13-15-25(16-14-24)43-31(32,33)34/h6-18H,19H2,1-5H3,(H,37,38)/b36-17-. The first-order valence-corrected chi connectivity index (χ1v) is 14.4. The van der Waals surface area contributed by atoms with Crippen LogP contribution in [0.4, 0.5) is 18.9 Å². The fraction of sp³-hybridized carbons (Fsp3) is 0.258. The molecule has 0 atom stereocenters. The summed E-state index contributed by atoms with van der Waals surface area (Å²) in [4.78, 5) is 21.2. The minimum absolute atomic E-state index is 0.0716. The Morgan fingerprint density at radius 2 is 1.66 bits per heavy atom. The molecule has 1 aromatic heterocycles. The zero-order chi connectivity index (χ0) is 31.9. The number of aliphatic imine (C=N–C) groups is 1. The average molecular weight is 625 g/mol. The van der Waals surface area contributed by atoms with E-state index in [0.717, 1.165) is 27.9 Å². The molecule has 1 N–H and O–H groups in total. The van der Waals surface area contributed by atoms with Crippen LogP contribution in [0.2, 0.25) is 0 Å². The maximum Gasteiger partial charge on any atom is 0.573 e. The van der Waals surface area contributed by atoms with Gasteiger partial charge in [-0.15, -0.1) is 18.3 Å². The Bertz CT molecular complexity index is 1620. The molecule has 0 unspecified atom stereocenters. The fourth-order valence-electron chi connectivity index (χ4n) is 3.73. The zero-order valence-corrected chi connectivity index (χ0v) is 25.5. The topological polar surface area (TPSA) is 103 Å². The largest absolute Gasteiger partial charge is 0.573 e. The molecule has 0 aliphatic carbocycles. The number of hydrazone groups is 1. The highest BCUT2D eigenvalue weighted by Gasteiger charge is 2.31. The van der Waals surface area contributed by atoms with Crippen LogP contribution in [0.3, 0.4) is 0 Å². The minimum atomic E-state index is -4.76. The zero-order valence-electron chi connectivity index (χ0n) is 24.7. The normalized spacial score (nSPS) is 12.4. The van der Waals surface area contributed by atoms with Crippen LogP contribution in [0, 0.1) is 19.3 Å². The number of hydrogen-bond donors (Lipinski definition) is 1. The number of hydrogen-bond acceptors (Lipinski definition) is 8. The highest BCUT2D eigenvalue weighted by atomic mass is 32.2. The van der Waals surface area contributed by atoms with Crippen molar-refractivity contribution in [3.05, 3.63) is 89.7 Å². The number of benzene rings is 3. The fourth-order valence-corrected chi connectivity index (χ4v) is 4.28. The molecule has 0 bridgehead atoms. The van der Waals surface area contributed by atoms with Gasteiger partial charge in [0.15, 0.2) is 11.0 Å². The highest BCUT2D eigenvalue weighted by molar-refractivity contribution is 8.13. The lowest BCUT2D eigenvalue weighted by atomic mass is 9.98. The van der Waals surface area contributed by atoms with E-state index >= 15 is 0 Å². The van der Waals surface area contributed by atoms with E-state index in [1.54, 1.807) is 27.0 Å². The van der Waals surface area contributed by atoms with E-state index in [1.165, 1.54) is 47.0 Å². The molecule has 4 aromatic rings. The Labute approximate surface area is 257 Å². The molecule has 0 aliphatic heterocycles. The Morgan fingerprint density at radius 1 is 1.00 bits per heavy atom. The van der Waals surface area contributed by atoms with Crippen LogP contribution < -0.4 is 10.2 Å². The number of ether oxygens (including phenoxy) is 2. The molecule has 0 aliphatic rings. The quantitative estimate of drug-likeness (QED) is 0.0719. The molecule has 9 nitrogen and oxygen atoms in total. The van der Waals surface area contributed by atoms with Crippen molar-refractivity contribution in [2.45, 2.75) is 41.0 Å². The number of carbonyl (C=O) groups excluding carboxylic acids is 1. The third kappa shape index (κ3) is 9.17. The first kappa shape index (κ1) is 32.3. The number of thioether (sulfide) groups is 1. The molecule has 0 fully saturated rings. The number of alkyl halides is 3. The highest BCUT2D eigenvalue weighted by Crippen LogP contribution is 2.26. The van der Waals surface area contributed by atoms with E-state index in [9.17, 15) is 18.0 Å². The summed E-state index contributed by atoms with van der Waals surface area (Å²) in [7, 11) is 0. The predicted molar refractivity (Wildman–Crippen MR) is 165 cm³/mol. The number of para-hydroxylation sites is 1. The summed E-state index contributed by atoms with van der Waals surface area (Å²) in [5.74, 6) is -0.124. The van der Waals surface area contributed by atoms with Crippen LogP contribution in [-0.4, -0.2) is 44.4 Å². The Morgan fingerprint density at radius 3 is 2.27 bits per heavy atom. The molecule has 0 saturated carbocycles. The van der Waals surface area contributed by atoms with Gasteiger partial charge < -0.3 is 9.47 Å². The van der Waals surface area contributed by atoms with Gasteiger partial charge in [0.2, 0.25) is 0 Å². The third-order valence-corrected chi connectivity index (χ3v) is 6.71. The third-order valence-electron chi connectivity index (χ3n) is 6.02. The van der Waals surface area contributed by atoms with Crippen LogP contribution in [0.5, 0.6) is 5.75 Å². The Kier molecular flexibility index (Phi) is 10.1. The van der Waals surface area contributed by atoms with E-state index in [-0.39, 0.29) is 17.7 Å². The number of aryl methyl sites for hydroxylation is 2. The lowest BCUT2D eigenvalue weighted by Gasteiger charge is -2.16. The molecule has 1 heterocycles. The van der Waals surface area contributed by atoms with Crippen LogP contribution in [0.15, 0.2) is 83.2 Å². The van der Waals surface area contributed by atoms with Crippen molar-refractivity contribution in [1.29, 1.82) is 0 Å². The number of carbonyl (C=O) groups is 1. The van der Waals surface area contributed by atoms with Gasteiger partial charge in [0.1, 0.15) is 18.0 Å². The maximum atomic E-state index is 12.4. The molecule has 44 heavy (non-hydrogen) atoms. The van der Waals surface area contributed by atoms with Gasteiger partial charge in [-0.05, 0) is 87.3 Å². The molecular formula is C31H31F3N6O3S. The Balaban J connectivity index is 1.42. The number of nitrogens with one attached hydrogen (secondary N) is 1. The SMILES string of the molecule is Cc1cccc(C)c1N=C(N/N=C\c1ccc(-c2ncn(-c3ccc(OC(F)(F)F)cc3)n2)cc1)SCOC(=O)C(C)(C)C. The van der Waals surface area contributed by atoms with Gasteiger partial charge >= 0.3 is 12.3 Å². The van der Waals surface area contributed by atoms with Crippen molar-refractivity contribution in [1.82, 2.24) is 20.2 Å². The Hall–Kier alpha value is -4.65. The monoisotopic (exact) mass is 624 g/mol. The van der Waals surface area contributed by atoms with Gasteiger partial charge in [0.25, 0.3) is 0 Å². The molecule has 0 saturated heterocycles. The van der Waals surface area contributed by atoms with Gasteiger partial charge in [-0.1, -0.05) is 42.5 Å². The lowest BCUT2D eigenvalue weighted by molar-refractivity contribution is -0.274. The summed E-state index contributed by atoms with van der Waals surface area (Å²) < 4.78 is 48.0. The number of esters is 1. The number of nitrogens with zero attached hydrogens (tertiary/aromatic N) is 5. The number of rotatable bonds is 8. The van der Waals surface area contributed by atoms with Crippen molar-refractivity contribution in [2.75, 3.05) is 5.94 Å². The lowest BCUT2D eigenvalue weighted by Crippen LogP contribution is -2.24. The summed E-state index contributed by atoms with van der Waals surface area (Å²) in [6.45, 7) is 9.32. The van der Waals surface area contributed by atoms with Gasteiger partial charge in [0, 0.05) is 5.56 Å². The molecular weight excluding hydrogens is 593 g/mol. The van der Waals surface area contributed by atoms with Crippen molar-refractivity contribution in [3.8, 4) is 22.8 Å². The average Bonchev–Trinajstić information content (AvgIpc) is 3.44.